The number of sulfonamides is 1. The number of piperidine rings is 1. The molecule has 2 aliphatic rings. The maximum atomic E-state index is 12.9. The molecule has 2 fully saturated rings. The molecule has 1 amide bonds. The lowest BCUT2D eigenvalue weighted by Gasteiger charge is -2.33. The van der Waals surface area contributed by atoms with Gasteiger partial charge in [-0.25, -0.2) is 8.42 Å². The highest BCUT2D eigenvalue weighted by Gasteiger charge is 2.35. The summed E-state index contributed by atoms with van der Waals surface area (Å²) in [6, 6.07) is 4.67. The van der Waals surface area contributed by atoms with E-state index in [9.17, 15) is 13.2 Å². The monoisotopic (exact) mass is 418 g/mol. The van der Waals surface area contributed by atoms with Crippen LogP contribution in [0.25, 0.3) is 0 Å². The summed E-state index contributed by atoms with van der Waals surface area (Å²) >= 11 is 12.2. The summed E-state index contributed by atoms with van der Waals surface area (Å²) in [5.74, 6) is 0.0843. The van der Waals surface area contributed by atoms with Gasteiger partial charge in [0.1, 0.15) is 4.90 Å². The van der Waals surface area contributed by atoms with Crippen LogP contribution in [-0.2, 0) is 14.8 Å². The Balaban J connectivity index is 1.67. The number of nitrogens with zero attached hydrogens (tertiary/aromatic N) is 2. The van der Waals surface area contributed by atoms with Crippen molar-refractivity contribution in [3.63, 3.8) is 0 Å². The molecule has 8 heteroatoms. The molecular formula is C18H24Cl2N2O3S. The smallest absolute Gasteiger partial charge is 0.246 e. The molecule has 2 heterocycles. The summed E-state index contributed by atoms with van der Waals surface area (Å²) in [6.07, 6.45) is 5.55. The van der Waals surface area contributed by atoms with E-state index in [1.807, 2.05) is 4.90 Å². The Bertz CT molecular complexity index is 733. The Labute approximate surface area is 165 Å². The fourth-order valence-corrected chi connectivity index (χ4v) is 6.31. The van der Waals surface area contributed by atoms with Gasteiger partial charge >= 0.3 is 0 Å². The summed E-state index contributed by atoms with van der Waals surface area (Å²) in [5, 5.41) is 0.250. The van der Waals surface area contributed by atoms with Crippen molar-refractivity contribution < 1.29 is 13.2 Å². The molecule has 0 bridgehead atoms. The molecule has 144 valence electrons. The predicted octanol–water partition coefficient (Wildman–Crippen LogP) is 3.80. The largest absolute Gasteiger partial charge is 0.342 e. The van der Waals surface area contributed by atoms with Gasteiger partial charge in [0.05, 0.1) is 10.0 Å². The van der Waals surface area contributed by atoms with Crippen LogP contribution in [-0.4, -0.2) is 49.7 Å². The summed E-state index contributed by atoms with van der Waals surface area (Å²) in [7, 11) is -3.76. The molecule has 0 spiro atoms. The van der Waals surface area contributed by atoms with Crippen LogP contribution in [0.15, 0.2) is 23.1 Å². The lowest BCUT2D eigenvalue weighted by atomic mass is 9.96. The summed E-state index contributed by atoms with van der Waals surface area (Å²) in [6.45, 7) is 2.28. The van der Waals surface area contributed by atoms with Crippen molar-refractivity contribution in [3.05, 3.63) is 28.2 Å². The molecule has 0 aromatic heterocycles. The first-order chi connectivity index (χ1) is 12.4. The summed E-state index contributed by atoms with van der Waals surface area (Å²) < 4.78 is 27.2. The Morgan fingerprint density at radius 1 is 0.923 bits per heavy atom. The number of rotatable bonds is 3. The molecule has 0 saturated carbocycles. The Hall–Kier alpha value is -0.820. The van der Waals surface area contributed by atoms with Gasteiger partial charge in [-0.1, -0.05) is 42.1 Å². The van der Waals surface area contributed by atoms with E-state index in [-0.39, 0.29) is 26.8 Å². The SMILES string of the molecule is O=C(C1CCN(S(=O)(=O)c2c(Cl)cccc2Cl)CC1)N1CCCCCC1. The summed E-state index contributed by atoms with van der Waals surface area (Å²) in [4.78, 5) is 14.7. The van der Waals surface area contributed by atoms with Gasteiger partial charge in [-0.15, -0.1) is 0 Å². The van der Waals surface area contributed by atoms with Crippen molar-refractivity contribution in [1.82, 2.24) is 9.21 Å². The number of halogens is 2. The molecule has 0 atom stereocenters. The van der Waals surface area contributed by atoms with Crippen LogP contribution in [0.3, 0.4) is 0 Å². The topological polar surface area (TPSA) is 57.7 Å². The third kappa shape index (κ3) is 4.19. The average molecular weight is 419 g/mol. The van der Waals surface area contributed by atoms with E-state index < -0.39 is 10.0 Å². The van der Waals surface area contributed by atoms with E-state index in [0.717, 1.165) is 25.9 Å². The van der Waals surface area contributed by atoms with Crippen LogP contribution in [0.4, 0.5) is 0 Å². The van der Waals surface area contributed by atoms with Crippen LogP contribution < -0.4 is 0 Å². The Morgan fingerprint density at radius 3 is 2.00 bits per heavy atom. The molecule has 1 aromatic carbocycles. The first kappa shape index (κ1) is 19.9. The number of likely N-dealkylation sites (tertiary alicyclic amines) is 1. The summed E-state index contributed by atoms with van der Waals surface area (Å²) in [5.41, 5.74) is 0. The second-order valence-electron chi connectivity index (χ2n) is 6.97. The van der Waals surface area contributed by atoms with E-state index in [4.69, 9.17) is 23.2 Å². The van der Waals surface area contributed by atoms with Crippen molar-refractivity contribution in [2.75, 3.05) is 26.2 Å². The number of carbonyl (C=O) groups is 1. The highest BCUT2D eigenvalue weighted by atomic mass is 35.5. The van der Waals surface area contributed by atoms with Crippen LogP contribution in [0.1, 0.15) is 38.5 Å². The third-order valence-corrected chi connectivity index (χ3v) is 8.09. The predicted molar refractivity (Wildman–Crippen MR) is 103 cm³/mol. The van der Waals surface area contributed by atoms with Gasteiger partial charge in [-0.3, -0.25) is 4.79 Å². The molecule has 3 rings (SSSR count). The van der Waals surface area contributed by atoms with Gasteiger partial charge in [0.15, 0.2) is 0 Å². The maximum absolute atomic E-state index is 12.9. The van der Waals surface area contributed by atoms with Crippen LogP contribution in [0.5, 0.6) is 0 Å². The van der Waals surface area contributed by atoms with Crippen molar-refractivity contribution in [2.24, 2.45) is 5.92 Å². The molecule has 2 aliphatic heterocycles. The number of hydrogen-bond donors (Lipinski definition) is 0. The fraction of sp³-hybridized carbons (Fsp3) is 0.611. The van der Waals surface area contributed by atoms with E-state index >= 15 is 0 Å². The van der Waals surface area contributed by atoms with E-state index in [0.29, 0.717) is 25.9 Å². The lowest BCUT2D eigenvalue weighted by molar-refractivity contribution is -0.136. The first-order valence-electron chi connectivity index (χ1n) is 9.14. The minimum Gasteiger partial charge on any atom is -0.342 e. The molecule has 1 aromatic rings. The molecule has 0 N–H and O–H groups in total. The zero-order valence-corrected chi connectivity index (χ0v) is 17.0. The molecule has 0 aliphatic carbocycles. The van der Waals surface area contributed by atoms with Crippen LogP contribution in [0, 0.1) is 5.92 Å². The van der Waals surface area contributed by atoms with Crippen LogP contribution in [0.2, 0.25) is 10.0 Å². The number of carbonyl (C=O) groups excluding carboxylic acids is 1. The Morgan fingerprint density at radius 2 is 1.46 bits per heavy atom. The standard InChI is InChI=1S/C18H24Cl2N2O3S/c19-15-6-5-7-16(20)17(15)26(24,25)22-12-8-14(9-13-22)18(23)21-10-3-1-2-4-11-21/h5-7,14H,1-4,8-13H2. The van der Waals surface area contributed by atoms with Crippen molar-refractivity contribution in [3.8, 4) is 0 Å². The van der Waals surface area contributed by atoms with E-state index in [2.05, 4.69) is 0 Å². The highest BCUT2D eigenvalue weighted by molar-refractivity contribution is 7.89. The molecular weight excluding hydrogens is 395 g/mol. The van der Waals surface area contributed by atoms with Crippen molar-refractivity contribution in [2.45, 2.75) is 43.4 Å². The second kappa shape index (κ2) is 8.46. The van der Waals surface area contributed by atoms with Gasteiger partial charge in [-0.05, 0) is 37.8 Å². The first-order valence-corrected chi connectivity index (χ1v) is 11.3. The Kier molecular flexibility index (Phi) is 6.49. The van der Waals surface area contributed by atoms with Crippen molar-refractivity contribution >= 4 is 39.1 Å². The zero-order valence-electron chi connectivity index (χ0n) is 14.7. The maximum Gasteiger partial charge on any atom is 0.246 e. The van der Waals surface area contributed by atoms with E-state index in [1.54, 1.807) is 6.07 Å². The second-order valence-corrected chi connectivity index (χ2v) is 9.66. The number of hydrogen-bond acceptors (Lipinski definition) is 3. The van der Waals surface area contributed by atoms with Gasteiger partial charge < -0.3 is 4.90 Å². The fourth-order valence-electron chi connectivity index (χ4n) is 3.75. The quantitative estimate of drug-likeness (QED) is 0.749. The molecule has 0 radical (unpaired) electrons. The number of amides is 1. The minimum absolute atomic E-state index is 0.0411. The number of benzene rings is 1. The highest BCUT2D eigenvalue weighted by Crippen LogP contribution is 2.33. The minimum atomic E-state index is -3.76. The van der Waals surface area contributed by atoms with Crippen LogP contribution >= 0.6 is 23.2 Å². The normalized spacial score (nSPS) is 20.8. The van der Waals surface area contributed by atoms with Gasteiger partial charge in [0.2, 0.25) is 15.9 Å². The molecule has 0 unspecified atom stereocenters. The van der Waals surface area contributed by atoms with E-state index in [1.165, 1.54) is 29.3 Å². The lowest BCUT2D eigenvalue weighted by Crippen LogP contribution is -2.44. The average Bonchev–Trinajstić information content (AvgIpc) is 2.90. The molecule has 2 saturated heterocycles. The zero-order chi connectivity index (χ0) is 18.7. The van der Waals surface area contributed by atoms with Gasteiger partial charge in [0.25, 0.3) is 0 Å². The molecule has 5 nitrogen and oxygen atoms in total. The van der Waals surface area contributed by atoms with Gasteiger partial charge in [-0.2, -0.15) is 4.31 Å². The molecule has 26 heavy (non-hydrogen) atoms. The van der Waals surface area contributed by atoms with Crippen molar-refractivity contribution in [1.29, 1.82) is 0 Å². The van der Waals surface area contributed by atoms with Gasteiger partial charge in [0, 0.05) is 32.1 Å². The third-order valence-electron chi connectivity index (χ3n) is 5.24.